The molecule has 4 aromatic carbocycles. The van der Waals surface area contributed by atoms with Crippen LogP contribution in [-0.4, -0.2) is 19.6 Å². The van der Waals surface area contributed by atoms with Crippen molar-refractivity contribution in [3.63, 3.8) is 0 Å². The lowest BCUT2D eigenvalue weighted by molar-refractivity contribution is -0.617. The fraction of sp³-hybridized carbons (Fsp3) is 0.242. The van der Waals surface area contributed by atoms with E-state index in [1.807, 2.05) is 6.92 Å². The Bertz CT molecular complexity index is 1590. The number of rotatable bonds is 8. The van der Waals surface area contributed by atoms with Gasteiger partial charge in [-0.15, -0.1) is 0 Å². The zero-order chi connectivity index (χ0) is 27.8. The monoisotopic (exact) mass is 541 g/mol. The summed E-state index contributed by atoms with van der Waals surface area (Å²) < 4.78 is 39.4. The number of para-hydroxylation sites is 2. The largest absolute Gasteiger partial charge is 0.744 e. The Morgan fingerprint density at radius 2 is 1.31 bits per heavy atom. The summed E-state index contributed by atoms with van der Waals surface area (Å²) in [6.45, 7) is 4.85. The highest BCUT2D eigenvalue weighted by Gasteiger charge is 2.18. The van der Waals surface area contributed by atoms with Crippen LogP contribution >= 0.6 is 0 Å². The van der Waals surface area contributed by atoms with Gasteiger partial charge in [-0.3, -0.25) is 0 Å². The van der Waals surface area contributed by atoms with Crippen molar-refractivity contribution in [1.82, 2.24) is 0 Å². The lowest BCUT2D eigenvalue weighted by Gasteiger charge is -2.11. The number of ether oxygens (including phenoxy) is 1. The van der Waals surface area contributed by atoms with Crippen LogP contribution in [0.3, 0.4) is 0 Å². The minimum absolute atomic E-state index is 0.178. The van der Waals surface area contributed by atoms with Gasteiger partial charge in [-0.2, -0.15) is 4.57 Å². The molecule has 0 saturated heterocycles. The van der Waals surface area contributed by atoms with Gasteiger partial charge in [0.1, 0.15) is 22.9 Å². The average Bonchev–Trinajstić information content (AvgIpc) is 2.94. The highest BCUT2D eigenvalue weighted by atomic mass is 32.2. The number of hydrogen-bond donors (Lipinski definition) is 0. The van der Waals surface area contributed by atoms with Gasteiger partial charge in [-0.05, 0) is 55.3 Å². The molecular formula is C33H35NO4S. The number of aromatic nitrogens is 1. The molecule has 0 bridgehead atoms. The van der Waals surface area contributed by atoms with Crippen LogP contribution in [-0.2, 0) is 17.2 Å². The summed E-state index contributed by atoms with van der Waals surface area (Å²) in [5, 5.41) is 2.55. The molecule has 0 spiro atoms. The molecule has 1 aromatic heterocycles. The molecule has 5 nitrogen and oxygen atoms in total. The molecule has 6 heteroatoms. The van der Waals surface area contributed by atoms with E-state index < -0.39 is 10.1 Å². The van der Waals surface area contributed by atoms with Crippen LogP contribution in [0.25, 0.3) is 32.9 Å². The average molecular weight is 542 g/mol. The Balaban J connectivity index is 0.000000270. The maximum atomic E-state index is 10.4. The third-order valence-electron chi connectivity index (χ3n) is 6.79. The third-order valence-corrected chi connectivity index (χ3v) is 7.64. The fourth-order valence-electron chi connectivity index (χ4n) is 4.68. The molecule has 1 heterocycles. The van der Waals surface area contributed by atoms with Crippen molar-refractivity contribution in [3.8, 4) is 16.9 Å². The van der Waals surface area contributed by atoms with Gasteiger partial charge in [-0.25, -0.2) is 8.42 Å². The Hall–Kier alpha value is -3.74. The summed E-state index contributed by atoms with van der Waals surface area (Å²) in [6, 6.07) is 31.6. The van der Waals surface area contributed by atoms with Crippen LogP contribution in [0.4, 0.5) is 0 Å². The molecule has 39 heavy (non-hydrogen) atoms. The minimum atomic E-state index is -4.27. The predicted molar refractivity (Wildman–Crippen MR) is 157 cm³/mol. The van der Waals surface area contributed by atoms with Gasteiger partial charge in [-0.1, -0.05) is 80.3 Å². The normalized spacial score (nSPS) is 11.3. The maximum Gasteiger partial charge on any atom is 0.213 e. The second kappa shape index (κ2) is 12.9. The maximum absolute atomic E-state index is 10.4. The van der Waals surface area contributed by atoms with E-state index in [2.05, 4.69) is 91.3 Å². The van der Waals surface area contributed by atoms with Crippen molar-refractivity contribution in [2.75, 3.05) is 6.61 Å². The van der Waals surface area contributed by atoms with Crippen LogP contribution in [0.1, 0.15) is 38.2 Å². The van der Waals surface area contributed by atoms with Gasteiger partial charge in [0.05, 0.1) is 22.3 Å². The zero-order valence-corrected chi connectivity index (χ0v) is 23.6. The van der Waals surface area contributed by atoms with E-state index in [0.29, 0.717) is 0 Å². The predicted octanol–water partition coefficient (Wildman–Crippen LogP) is 7.34. The number of aryl methyl sites for hydroxylation is 2. The van der Waals surface area contributed by atoms with Gasteiger partial charge in [0.25, 0.3) is 0 Å². The first-order chi connectivity index (χ1) is 18.8. The van der Waals surface area contributed by atoms with Gasteiger partial charge in [0.15, 0.2) is 0 Å². The zero-order valence-electron chi connectivity index (χ0n) is 22.8. The molecule has 0 radical (unpaired) electrons. The second-order valence-corrected chi connectivity index (χ2v) is 11.0. The van der Waals surface area contributed by atoms with Crippen molar-refractivity contribution in [2.45, 2.75) is 44.4 Å². The van der Waals surface area contributed by atoms with E-state index in [1.165, 1.54) is 64.3 Å². The Kier molecular flexibility index (Phi) is 9.33. The quantitative estimate of drug-likeness (QED) is 0.0892. The van der Waals surface area contributed by atoms with E-state index in [1.54, 1.807) is 12.1 Å². The van der Waals surface area contributed by atoms with Crippen LogP contribution in [0.15, 0.2) is 102 Å². The molecule has 0 aliphatic heterocycles. The molecule has 0 amide bonds. The highest BCUT2D eigenvalue weighted by Crippen LogP contribution is 2.34. The summed E-state index contributed by atoms with van der Waals surface area (Å²) in [5.74, 6) is 0.954. The van der Waals surface area contributed by atoms with Crippen LogP contribution in [0.2, 0.25) is 0 Å². The van der Waals surface area contributed by atoms with E-state index in [0.717, 1.165) is 24.3 Å². The summed E-state index contributed by atoms with van der Waals surface area (Å²) >= 11 is 0. The summed E-state index contributed by atoms with van der Waals surface area (Å²) in [4.78, 5) is -0.178. The van der Waals surface area contributed by atoms with Crippen molar-refractivity contribution in [3.05, 3.63) is 103 Å². The molecule has 0 fully saturated rings. The van der Waals surface area contributed by atoms with Crippen molar-refractivity contribution in [2.24, 2.45) is 7.05 Å². The van der Waals surface area contributed by atoms with Gasteiger partial charge >= 0.3 is 0 Å². The van der Waals surface area contributed by atoms with Crippen molar-refractivity contribution >= 4 is 31.9 Å². The molecule has 0 atom stereocenters. The number of unbranched alkanes of at least 4 members (excludes halogenated alkanes) is 3. The molecule has 0 saturated carbocycles. The second-order valence-electron chi connectivity index (χ2n) is 9.67. The van der Waals surface area contributed by atoms with E-state index in [-0.39, 0.29) is 4.90 Å². The first kappa shape index (κ1) is 28.3. The van der Waals surface area contributed by atoms with Crippen LogP contribution in [0, 0.1) is 6.92 Å². The molecule has 0 unspecified atom stereocenters. The Labute approximate surface area is 231 Å². The highest BCUT2D eigenvalue weighted by molar-refractivity contribution is 7.85. The number of pyridine rings is 1. The summed E-state index contributed by atoms with van der Waals surface area (Å²) in [6.07, 6.45) is 4.91. The summed E-state index contributed by atoms with van der Waals surface area (Å²) in [7, 11) is -2.13. The standard InChI is InChI=1S/C26H28NO.C7H8O3S/c1-3-4-5-10-19-28-21-17-15-20(16-18-21)26-22-11-6-8-13-24(22)27(2)25-14-9-7-12-23(25)26;1-6-2-4-7(5-3-6)11(8,9)10/h6-9,11-18H,3-5,10,19H2,1-2H3;2-5H,1H3,(H,8,9,10)/q+1;/p-1. The first-order valence-corrected chi connectivity index (χ1v) is 14.8. The molecule has 0 aliphatic rings. The van der Waals surface area contributed by atoms with E-state index >= 15 is 0 Å². The minimum Gasteiger partial charge on any atom is -0.744 e. The SMILES string of the molecule is CCCCCCOc1ccc(-c2c3ccccc3[n+](C)c3ccccc23)cc1.Cc1ccc(S(=O)(=O)[O-])cc1. The third kappa shape index (κ3) is 7.02. The number of benzene rings is 4. The van der Waals surface area contributed by atoms with Gasteiger partial charge < -0.3 is 9.29 Å². The van der Waals surface area contributed by atoms with Gasteiger partial charge in [0.2, 0.25) is 11.0 Å². The Morgan fingerprint density at radius 3 is 1.85 bits per heavy atom. The molecule has 202 valence electrons. The lowest BCUT2D eigenvalue weighted by atomic mass is 9.96. The fourth-order valence-corrected chi connectivity index (χ4v) is 5.15. The van der Waals surface area contributed by atoms with Crippen molar-refractivity contribution in [1.29, 1.82) is 0 Å². The van der Waals surface area contributed by atoms with E-state index in [9.17, 15) is 13.0 Å². The smallest absolute Gasteiger partial charge is 0.213 e. The molecule has 5 rings (SSSR count). The summed E-state index contributed by atoms with van der Waals surface area (Å²) in [5.41, 5.74) is 5.93. The van der Waals surface area contributed by atoms with E-state index in [4.69, 9.17) is 4.74 Å². The molecular weight excluding hydrogens is 506 g/mol. The number of nitrogens with zero attached hydrogens (tertiary/aromatic N) is 1. The topological polar surface area (TPSA) is 70.3 Å². The molecule has 5 aromatic rings. The van der Waals surface area contributed by atoms with Gasteiger partial charge in [0, 0.05) is 17.7 Å². The van der Waals surface area contributed by atoms with Crippen LogP contribution < -0.4 is 9.30 Å². The Morgan fingerprint density at radius 1 is 0.744 bits per heavy atom. The first-order valence-electron chi connectivity index (χ1n) is 13.3. The van der Waals surface area contributed by atoms with Crippen LogP contribution in [0.5, 0.6) is 5.75 Å². The molecule has 0 aliphatic carbocycles. The number of hydrogen-bond acceptors (Lipinski definition) is 4. The molecule has 0 N–H and O–H groups in total. The lowest BCUT2D eigenvalue weighted by Crippen LogP contribution is -2.30. The van der Waals surface area contributed by atoms with Crippen molar-refractivity contribution < 1.29 is 22.3 Å². The number of fused-ring (bicyclic) bond motifs is 2.